The van der Waals surface area contributed by atoms with Crippen molar-refractivity contribution in [1.82, 2.24) is 10.4 Å². The Labute approximate surface area is 194 Å². The number of esters is 1. The van der Waals surface area contributed by atoms with Gasteiger partial charge in [0, 0.05) is 37.3 Å². The highest BCUT2D eigenvalue weighted by molar-refractivity contribution is 5.90. The van der Waals surface area contributed by atoms with Gasteiger partial charge in [0.05, 0.1) is 5.92 Å². The Morgan fingerprint density at radius 3 is 2.67 bits per heavy atom. The van der Waals surface area contributed by atoms with Gasteiger partial charge in [0.2, 0.25) is 0 Å². The van der Waals surface area contributed by atoms with E-state index in [4.69, 9.17) is 9.94 Å². The molecule has 1 aliphatic carbocycles. The summed E-state index contributed by atoms with van der Waals surface area (Å²) >= 11 is 0. The monoisotopic (exact) mass is 449 g/mol. The molecule has 3 N–H and O–H groups in total. The molecule has 7 nitrogen and oxygen atoms in total. The second-order valence-corrected chi connectivity index (χ2v) is 8.72. The Hall–Kier alpha value is -3.16. The lowest BCUT2D eigenvalue weighted by atomic mass is 9.97. The minimum Gasteiger partial charge on any atom is -0.464 e. The highest BCUT2D eigenvalue weighted by Gasteiger charge is 2.31. The Bertz CT molecular complexity index is 985. The zero-order chi connectivity index (χ0) is 23.0. The van der Waals surface area contributed by atoms with E-state index in [1.807, 2.05) is 24.3 Å². The summed E-state index contributed by atoms with van der Waals surface area (Å²) in [5.74, 6) is -0.0307. The Balaban J connectivity index is 1.35. The van der Waals surface area contributed by atoms with E-state index in [0.29, 0.717) is 19.1 Å². The smallest absolute Gasteiger partial charge is 0.308 e. The van der Waals surface area contributed by atoms with Crippen LogP contribution in [0, 0.1) is 5.92 Å². The van der Waals surface area contributed by atoms with Crippen LogP contribution in [0.2, 0.25) is 0 Å². The average molecular weight is 450 g/mol. The van der Waals surface area contributed by atoms with Gasteiger partial charge in [-0.15, -0.1) is 0 Å². The van der Waals surface area contributed by atoms with Crippen molar-refractivity contribution in [3.8, 4) is 0 Å². The van der Waals surface area contributed by atoms with Gasteiger partial charge in [-0.05, 0) is 54.6 Å². The maximum Gasteiger partial charge on any atom is 0.308 e. The van der Waals surface area contributed by atoms with Crippen LogP contribution in [0.4, 0.5) is 5.69 Å². The fourth-order valence-corrected chi connectivity index (χ4v) is 4.14. The SMILES string of the molecule is O=C(/C=C/c1ccc(CN(CCOC(=O)C2CC2)CCC2CNc3ccccc32)cc1)NO. The Morgan fingerprint density at radius 2 is 1.91 bits per heavy atom. The minimum atomic E-state index is -0.561. The van der Waals surface area contributed by atoms with Crippen molar-refractivity contribution in [1.29, 1.82) is 0 Å². The molecular formula is C26H31N3O4. The number of para-hydroxylation sites is 1. The van der Waals surface area contributed by atoms with Gasteiger partial charge >= 0.3 is 5.97 Å². The van der Waals surface area contributed by atoms with Crippen molar-refractivity contribution in [2.24, 2.45) is 5.92 Å². The number of hydroxylamine groups is 1. The van der Waals surface area contributed by atoms with Gasteiger partial charge in [0.1, 0.15) is 6.61 Å². The molecule has 174 valence electrons. The highest BCUT2D eigenvalue weighted by atomic mass is 16.5. The number of hydrogen-bond donors (Lipinski definition) is 3. The van der Waals surface area contributed by atoms with Crippen molar-refractivity contribution >= 4 is 23.6 Å². The first-order chi connectivity index (χ1) is 16.1. The number of carbonyl (C=O) groups is 2. The standard InChI is InChI=1S/C26H31N3O4/c30-25(28-32)12-9-19-5-7-20(8-6-19)18-29(15-16-33-26(31)21-10-11-21)14-13-22-17-27-24-4-2-1-3-23(22)24/h1-9,12,21-22,27,32H,10-11,13-18H2,(H,28,30)/b12-9+. The van der Waals surface area contributed by atoms with Crippen molar-refractivity contribution in [3.05, 3.63) is 71.3 Å². The molecule has 1 saturated carbocycles. The summed E-state index contributed by atoms with van der Waals surface area (Å²) in [6.45, 7) is 3.71. The number of fused-ring (bicyclic) bond motifs is 1. The first-order valence-corrected chi connectivity index (χ1v) is 11.6. The van der Waals surface area contributed by atoms with Gasteiger partial charge in [-0.1, -0.05) is 42.5 Å². The largest absolute Gasteiger partial charge is 0.464 e. The number of ether oxygens (including phenoxy) is 1. The van der Waals surface area contributed by atoms with E-state index in [1.54, 1.807) is 11.6 Å². The third kappa shape index (κ3) is 6.66. The number of nitrogens with zero attached hydrogens (tertiary/aromatic N) is 1. The molecule has 1 heterocycles. The zero-order valence-corrected chi connectivity index (χ0v) is 18.7. The topological polar surface area (TPSA) is 90.9 Å². The summed E-state index contributed by atoms with van der Waals surface area (Å²) in [6.07, 6.45) is 5.87. The lowest BCUT2D eigenvalue weighted by Crippen LogP contribution is -2.30. The average Bonchev–Trinajstić information content (AvgIpc) is 3.62. The Kier molecular flexibility index (Phi) is 7.75. The number of hydrogen-bond acceptors (Lipinski definition) is 6. The summed E-state index contributed by atoms with van der Waals surface area (Å²) in [5.41, 5.74) is 6.21. The molecule has 33 heavy (non-hydrogen) atoms. The van der Waals surface area contributed by atoms with Crippen molar-refractivity contribution in [3.63, 3.8) is 0 Å². The lowest BCUT2D eigenvalue weighted by molar-refractivity contribution is -0.145. The number of carbonyl (C=O) groups excluding carboxylic acids is 2. The van der Waals surface area contributed by atoms with Crippen LogP contribution in [0.25, 0.3) is 6.08 Å². The first kappa shape index (κ1) is 23.0. The summed E-state index contributed by atoms with van der Waals surface area (Å²) in [4.78, 5) is 25.4. The molecule has 1 amide bonds. The fraction of sp³-hybridized carbons (Fsp3) is 0.385. The molecule has 4 rings (SSSR count). The molecule has 0 aromatic heterocycles. The van der Waals surface area contributed by atoms with Crippen molar-refractivity contribution in [2.45, 2.75) is 31.7 Å². The van der Waals surface area contributed by atoms with E-state index in [1.165, 1.54) is 17.3 Å². The van der Waals surface area contributed by atoms with Crippen LogP contribution in [0.5, 0.6) is 0 Å². The van der Waals surface area contributed by atoms with E-state index >= 15 is 0 Å². The van der Waals surface area contributed by atoms with Crippen LogP contribution >= 0.6 is 0 Å². The van der Waals surface area contributed by atoms with Gasteiger partial charge in [-0.25, -0.2) is 5.48 Å². The van der Waals surface area contributed by atoms with Crippen LogP contribution in [0.3, 0.4) is 0 Å². The van der Waals surface area contributed by atoms with E-state index in [0.717, 1.165) is 50.0 Å². The van der Waals surface area contributed by atoms with Gasteiger partial charge in [-0.2, -0.15) is 0 Å². The molecule has 1 atom stereocenters. The molecule has 0 spiro atoms. The first-order valence-electron chi connectivity index (χ1n) is 11.6. The molecule has 1 aliphatic heterocycles. The van der Waals surface area contributed by atoms with Crippen LogP contribution in [0.1, 0.15) is 41.9 Å². The van der Waals surface area contributed by atoms with Gasteiger partial charge in [0.15, 0.2) is 0 Å². The van der Waals surface area contributed by atoms with Crippen LogP contribution in [-0.4, -0.2) is 48.2 Å². The second-order valence-electron chi connectivity index (χ2n) is 8.72. The van der Waals surface area contributed by atoms with E-state index in [-0.39, 0.29) is 11.9 Å². The summed E-state index contributed by atoms with van der Waals surface area (Å²) < 4.78 is 5.49. The predicted octanol–water partition coefficient (Wildman–Crippen LogP) is 3.56. The van der Waals surface area contributed by atoms with E-state index < -0.39 is 5.91 Å². The number of rotatable bonds is 11. The molecule has 0 saturated heterocycles. The van der Waals surface area contributed by atoms with E-state index in [9.17, 15) is 9.59 Å². The van der Waals surface area contributed by atoms with Gasteiger partial charge in [-0.3, -0.25) is 19.7 Å². The Morgan fingerprint density at radius 1 is 1.12 bits per heavy atom. The molecule has 1 unspecified atom stereocenters. The number of nitrogens with one attached hydrogen (secondary N) is 2. The van der Waals surface area contributed by atoms with Crippen molar-refractivity contribution in [2.75, 3.05) is 31.6 Å². The maximum absolute atomic E-state index is 11.9. The van der Waals surface area contributed by atoms with Crippen LogP contribution < -0.4 is 10.8 Å². The third-order valence-corrected chi connectivity index (χ3v) is 6.22. The second kappa shape index (κ2) is 11.1. The lowest BCUT2D eigenvalue weighted by Gasteiger charge is -2.24. The molecular weight excluding hydrogens is 418 g/mol. The predicted molar refractivity (Wildman–Crippen MR) is 127 cm³/mol. The highest BCUT2D eigenvalue weighted by Crippen LogP contribution is 2.33. The van der Waals surface area contributed by atoms with Gasteiger partial charge < -0.3 is 10.1 Å². The molecule has 0 bridgehead atoms. The molecule has 2 aliphatic rings. The third-order valence-electron chi connectivity index (χ3n) is 6.22. The maximum atomic E-state index is 11.9. The van der Waals surface area contributed by atoms with E-state index in [2.05, 4.69) is 34.5 Å². The van der Waals surface area contributed by atoms with Crippen molar-refractivity contribution < 1.29 is 19.5 Å². The summed E-state index contributed by atoms with van der Waals surface area (Å²) in [6, 6.07) is 16.4. The molecule has 2 aromatic carbocycles. The summed E-state index contributed by atoms with van der Waals surface area (Å²) in [7, 11) is 0. The number of benzene rings is 2. The minimum absolute atomic E-state index is 0.0630. The molecule has 0 radical (unpaired) electrons. The number of anilines is 1. The van der Waals surface area contributed by atoms with Gasteiger partial charge in [0.25, 0.3) is 5.91 Å². The molecule has 2 aromatic rings. The fourth-order valence-electron chi connectivity index (χ4n) is 4.14. The quantitative estimate of drug-likeness (QED) is 0.210. The number of amides is 1. The zero-order valence-electron chi connectivity index (χ0n) is 18.7. The van der Waals surface area contributed by atoms with Crippen LogP contribution in [0.15, 0.2) is 54.6 Å². The normalized spacial score (nSPS) is 17.1. The summed E-state index contributed by atoms with van der Waals surface area (Å²) in [5, 5.41) is 12.1. The van der Waals surface area contributed by atoms with Crippen LogP contribution in [-0.2, 0) is 20.9 Å². The molecule has 1 fully saturated rings. The molecule has 7 heteroatoms.